The molecule has 1 N–H and O–H groups in total. The lowest BCUT2D eigenvalue weighted by atomic mass is 9.92. The Bertz CT molecular complexity index is 1270. The minimum atomic E-state index is -0.947. The van der Waals surface area contributed by atoms with Crippen LogP contribution in [0.5, 0.6) is 5.75 Å². The van der Waals surface area contributed by atoms with E-state index in [1.54, 1.807) is 25.3 Å². The van der Waals surface area contributed by atoms with Gasteiger partial charge in [-0.05, 0) is 59.7 Å². The van der Waals surface area contributed by atoms with Crippen LogP contribution >= 0.6 is 0 Å². The van der Waals surface area contributed by atoms with Crippen molar-refractivity contribution in [3.05, 3.63) is 95.3 Å². The number of hydrogen-bond acceptors (Lipinski definition) is 2. The maximum Gasteiger partial charge on any atom is 0.318 e. The molecule has 7 heteroatoms. The fourth-order valence-electron chi connectivity index (χ4n) is 5.07. The average molecular weight is 479 g/mol. The summed E-state index contributed by atoms with van der Waals surface area (Å²) in [5, 5.41) is 3.01. The highest BCUT2D eigenvalue weighted by Gasteiger charge is 2.39. The van der Waals surface area contributed by atoms with Gasteiger partial charge in [0.15, 0.2) is 0 Å². The number of hydrogen-bond donors (Lipinski definition) is 1. The topological polar surface area (TPSA) is 41.6 Å². The SMILES string of the molecule is COc1ccc(CNC(=O)N2C3C=C(c4cccc(-c5c(F)cc(F)cc5F)c4)CC2CC3)cc1. The second-order valence-corrected chi connectivity index (χ2v) is 8.93. The second-order valence-electron chi connectivity index (χ2n) is 8.93. The molecular weight excluding hydrogens is 453 g/mol. The Balaban J connectivity index is 1.32. The van der Waals surface area contributed by atoms with Gasteiger partial charge < -0.3 is 15.0 Å². The Labute approximate surface area is 202 Å². The highest BCUT2D eigenvalue weighted by atomic mass is 19.1. The summed E-state index contributed by atoms with van der Waals surface area (Å²) in [6.45, 7) is 0.423. The van der Waals surface area contributed by atoms with Gasteiger partial charge in [-0.25, -0.2) is 18.0 Å². The van der Waals surface area contributed by atoms with Crippen molar-refractivity contribution in [1.82, 2.24) is 10.2 Å². The molecule has 0 radical (unpaired) electrons. The molecule has 0 saturated carbocycles. The van der Waals surface area contributed by atoms with Crippen molar-refractivity contribution in [3.63, 3.8) is 0 Å². The maximum atomic E-state index is 14.3. The van der Waals surface area contributed by atoms with Crippen molar-refractivity contribution in [2.75, 3.05) is 7.11 Å². The molecule has 0 aliphatic carbocycles. The average Bonchev–Trinajstić information content (AvgIpc) is 3.11. The standard InChI is InChI=1S/C28H25F3N2O2/c1-35-24-9-5-17(6-10-24)16-32-28(34)33-22-7-8-23(33)13-20(12-22)18-3-2-4-19(11-18)27-25(30)14-21(29)15-26(27)31/h2-6,9-12,14-15,22-23H,7-8,13,16H2,1H3,(H,32,34). The zero-order chi connectivity index (χ0) is 24.5. The lowest BCUT2D eigenvalue weighted by molar-refractivity contribution is 0.179. The van der Waals surface area contributed by atoms with Crippen molar-refractivity contribution in [2.45, 2.75) is 37.9 Å². The third-order valence-corrected chi connectivity index (χ3v) is 6.76. The first-order chi connectivity index (χ1) is 16.9. The fraction of sp³-hybridized carbons (Fsp3) is 0.250. The van der Waals surface area contributed by atoms with E-state index in [2.05, 4.69) is 11.4 Å². The summed E-state index contributed by atoms with van der Waals surface area (Å²) in [5.74, 6) is -2.05. The Hall–Kier alpha value is -3.74. The zero-order valence-corrected chi connectivity index (χ0v) is 19.2. The van der Waals surface area contributed by atoms with Crippen molar-refractivity contribution >= 4 is 11.6 Å². The van der Waals surface area contributed by atoms with E-state index >= 15 is 0 Å². The molecule has 2 aliphatic heterocycles. The number of nitrogens with zero attached hydrogens (tertiary/aromatic N) is 1. The first-order valence-corrected chi connectivity index (χ1v) is 11.6. The summed E-state index contributed by atoms with van der Waals surface area (Å²) in [5.41, 5.74) is 2.98. The molecule has 0 spiro atoms. The molecule has 1 saturated heterocycles. The van der Waals surface area contributed by atoms with Crippen LogP contribution in [-0.2, 0) is 6.54 Å². The van der Waals surface area contributed by atoms with E-state index in [9.17, 15) is 18.0 Å². The minimum Gasteiger partial charge on any atom is -0.497 e. The number of methoxy groups -OCH3 is 1. The predicted octanol–water partition coefficient (Wildman–Crippen LogP) is 6.31. The van der Waals surface area contributed by atoms with E-state index in [1.807, 2.05) is 35.2 Å². The normalized spacial score (nSPS) is 18.9. The van der Waals surface area contributed by atoms with Crippen molar-refractivity contribution in [2.24, 2.45) is 0 Å². The first-order valence-electron chi connectivity index (χ1n) is 11.6. The summed E-state index contributed by atoms with van der Waals surface area (Å²) in [6.07, 6.45) is 4.49. The molecule has 2 bridgehead atoms. The van der Waals surface area contributed by atoms with Crippen LogP contribution in [0.3, 0.4) is 0 Å². The second kappa shape index (κ2) is 9.49. The molecule has 0 aromatic heterocycles. The van der Waals surface area contributed by atoms with Crippen LogP contribution in [-0.4, -0.2) is 30.1 Å². The third kappa shape index (κ3) is 4.63. The molecule has 1 fully saturated rings. The summed E-state index contributed by atoms with van der Waals surface area (Å²) in [7, 11) is 1.61. The largest absolute Gasteiger partial charge is 0.497 e. The quantitative estimate of drug-likeness (QED) is 0.467. The number of benzene rings is 3. The monoisotopic (exact) mass is 478 g/mol. The number of halogens is 3. The van der Waals surface area contributed by atoms with E-state index in [-0.39, 0.29) is 23.7 Å². The van der Waals surface area contributed by atoms with Crippen molar-refractivity contribution in [3.8, 4) is 16.9 Å². The van der Waals surface area contributed by atoms with Crippen LogP contribution in [0.1, 0.15) is 30.4 Å². The van der Waals surface area contributed by atoms with Crippen LogP contribution < -0.4 is 10.1 Å². The smallest absolute Gasteiger partial charge is 0.318 e. The molecule has 4 nitrogen and oxygen atoms in total. The van der Waals surface area contributed by atoms with Crippen LogP contribution in [0.25, 0.3) is 16.7 Å². The summed E-state index contributed by atoms with van der Waals surface area (Å²) < 4.78 is 47.2. The summed E-state index contributed by atoms with van der Waals surface area (Å²) >= 11 is 0. The van der Waals surface area contributed by atoms with Gasteiger partial charge in [0.05, 0.1) is 18.7 Å². The number of ether oxygens (including phenoxy) is 1. The Morgan fingerprint density at radius 3 is 2.40 bits per heavy atom. The minimum absolute atomic E-state index is 0.0393. The van der Waals surface area contributed by atoms with Gasteiger partial charge in [-0.1, -0.05) is 36.4 Å². The van der Waals surface area contributed by atoms with Gasteiger partial charge in [0.25, 0.3) is 0 Å². The number of carbonyl (C=O) groups excluding carboxylic acids is 1. The highest BCUT2D eigenvalue weighted by Crippen LogP contribution is 2.39. The van der Waals surface area contributed by atoms with E-state index in [0.29, 0.717) is 30.7 Å². The Kier molecular flexibility index (Phi) is 6.24. The van der Waals surface area contributed by atoms with Gasteiger partial charge in [-0.15, -0.1) is 0 Å². The van der Waals surface area contributed by atoms with E-state index in [4.69, 9.17) is 4.74 Å². The van der Waals surface area contributed by atoms with Gasteiger partial charge in [0.1, 0.15) is 23.2 Å². The van der Waals surface area contributed by atoms with E-state index < -0.39 is 17.5 Å². The lowest BCUT2D eigenvalue weighted by Crippen LogP contribution is -2.48. The van der Waals surface area contributed by atoms with Crippen LogP contribution in [0, 0.1) is 17.5 Å². The number of rotatable bonds is 5. The first kappa shape index (κ1) is 23.0. The Morgan fingerprint density at radius 1 is 1.00 bits per heavy atom. The zero-order valence-electron chi connectivity index (χ0n) is 19.2. The number of fused-ring (bicyclic) bond motifs is 2. The highest BCUT2D eigenvalue weighted by molar-refractivity contribution is 5.80. The van der Waals surface area contributed by atoms with Crippen LogP contribution in [0.4, 0.5) is 18.0 Å². The molecule has 180 valence electrons. The number of urea groups is 1. The van der Waals surface area contributed by atoms with Gasteiger partial charge >= 0.3 is 6.03 Å². The van der Waals surface area contributed by atoms with Crippen molar-refractivity contribution < 1.29 is 22.7 Å². The molecular formula is C28H25F3N2O2. The van der Waals surface area contributed by atoms with E-state index in [1.165, 1.54) is 0 Å². The van der Waals surface area contributed by atoms with Crippen LogP contribution in [0.15, 0.2) is 66.7 Å². The molecule has 3 aromatic carbocycles. The number of carbonyl (C=O) groups is 1. The van der Waals surface area contributed by atoms with Gasteiger partial charge in [0.2, 0.25) is 0 Å². The van der Waals surface area contributed by atoms with E-state index in [0.717, 1.165) is 35.3 Å². The maximum absolute atomic E-state index is 14.3. The van der Waals surface area contributed by atoms with Gasteiger partial charge in [0, 0.05) is 24.7 Å². The van der Waals surface area contributed by atoms with Gasteiger partial charge in [-0.3, -0.25) is 0 Å². The molecule has 2 atom stereocenters. The molecule has 2 heterocycles. The van der Waals surface area contributed by atoms with Crippen molar-refractivity contribution in [1.29, 1.82) is 0 Å². The fourth-order valence-corrected chi connectivity index (χ4v) is 5.07. The lowest BCUT2D eigenvalue weighted by Gasteiger charge is -2.34. The van der Waals surface area contributed by atoms with Gasteiger partial charge in [-0.2, -0.15) is 0 Å². The summed E-state index contributed by atoms with van der Waals surface area (Å²) in [6, 6.07) is 15.8. The molecule has 35 heavy (non-hydrogen) atoms. The molecule has 3 aromatic rings. The summed E-state index contributed by atoms with van der Waals surface area (Å²) in [4.78, 5) is 14.9. The molecule has 5 rings (SSSR count). The third-order valence-electron chi connectivity index (χ3n) is 6.76. The number of amides is 2. The molecule has 2 unspecified atom stereocenters. The predicted molar refractivity (Wildman–Crippen MR) is 128 cm³/mol. The molecule has 2 aliphatic rings. The molecule has 2 amide bonds. The van der Waals surface area contributed by atoms with Crippen LogP contribution in [0.2, 0.25) is 0 Å². The Morgan fingerprint density at radius 2 is 1.71 bits per heavy atom. The number of nitrogens with one attached hydrogen (secondary N) is 1.